The smallest absolute Gasteiger partial charge is 0.160 e. The zero-order chi connectivity index (χ0) is 21.0. The fourth-order valence-electron chi connectivity index (χ4n) is 3.57. The molecule has 0 fully saturated rings. The number of halogens is 1. The quantitative estimate of drug-likeness (QED) is 0.297. The summed E-state index contributed by atoms with van der Waals surface area (Å²) >= 11 is 6.06. The lowest BCUT2D eigenvalue weighted by Crippen LogP contribution is -1.96. The zero-order valence-electron chi connectivity index (χ0n) is 16.7. The van der Waals surface area contributed by atoms with Gasteiger partial charge in [0.1, 0.15) is 0 Å². The first-order chi connectivity index (χ1) is 15.3. The number of hydrogen-bond acceptors (Lipinski definition) is 2. The van der Waals surface area contributed by atoms with Crippen LogP contribution in [0.5, 0.6) is 0 Å². The van der Waals surface area contributed by atoms with Crippen LogP contribution >= 0.6 is 11.6 Å². The molecule has 148 valence electrons. The second-order valence-electron chi connectivity index (χ2n) is 7.28. The van der Waals surface area contributed by atoms with Crippen molar-refractivity contribution in [3.8, 4) is 45.0 Å². The summed E-state index contributed by atoms with van der Waals surface area (Å²) in [7, 11) is 0. The Kier molecular flexibility index (Phi) is 5.30. The van der Waals surface area contributed by atoms with Gasteiger partial charge in [0.2, 0.25) is 0 Å². The van der Waals surface area contributed by atoms with Crippen LogP contribution in [0.15, 0.2) is 115 Å². The summed E-state index contributed by atoms with van der Waals surface area (Å²) in [4.78, 5) is 9.78. The predicted octanol–water partition coefficient (Wildman–Crippen LogP) is 7.80. The molecule has 31 heavy (non-hydrogen) atoms. The van der Waals surface area contributed by atoms with Gasteiger partial charge in [-0.1, -0.05) is 103 Å². The molecule has 0 aliphatic carbocycles. The van der Waals surface area contributed by atoms with Crippen LogP contribution in [0.2, 0.25) is 5.02 Å². The molecule has 0 aliphatic heterocycles. The van der Waals surface area contributed by atoms with Gasteiger partial charge >= 0.3 is 0 Å². The average molecular weight is 419 g/mol. The summed E-state index contributed by atoms with van der Waals surface area (Å²) in [5, 5.41) is 0.732. The van der Waals surface area contributed by atoms with Crippen molar-refractivity contribution in [2.75, 3.05) is 0 Å². The third-order valence-corrected chi connectivity index (χ3v) is 5.42. The molecule has 0 aliphatic rings. The van der Waals surface area contributed by atoms with Crippen LogP contribution in [0, 0.1) is 0 Å². The molecule has 4 aromatic carbocycles. The van der Waals surface area contributed by atoms with Crippen molar-refractivity contribution in [2.45, 2.75) is 0 Å². The fraction of sp³-hybridized carbons (Fsp3) is 0. The van der Waals surface area contributed by atoms with Gasteiger partial charge in [-0.2, -0.15) is 0 Å². The van der Waals surface area contributed by atoms with E-state index >= 15 is 0 Å². The summed E-state index contributed by atoms with van der Waals surface area (Å²) in [6, 6.07) is 38.7. The minimum Gasteiger partial charge on any atom is -0.228 e. The van der Waals surface area contributed by atoms with E-state index in [2.05, 4.69) is 42.5 Å². The van der Waals surface area contributed by atoms with Gasteiger partial charge < -0.3 is 0 Å². The first kappa shape index (κ1) is 19.2. The molecule has 1 aromatic heterocycles. The molecule has 0 saturated carbocycles. The average Bonchev–Trinajstić information content (AvgIpc) is 2.85. The Hall–Kier alpha value is -3.75. The second kappa shape index (κ2) is 8.55. The topological polar surface area (TPSA) is 25.8 Å². The molecule has 1 heterocycles. The maximum Gasteiger partial charge on any atom is 0.160 e. The molecule has 0 spiro atoms. The molecule has 5 rings (SSSR count). The van der Waals surface area contributed by atoms with Crippen molar-refractivity contribution < 1.29 is 0 Å². The molecule has 3 heteroatoms. The number of rotatable bonds is 4. The van der Waals surface area contributed by atoms with Crippen molar-refractivity contribution in [1.29, 1.82) is 0 Å². The minimum atomic E-state index is 0.717. The van der Waals surface area contributed by atoms with E-state index in [1.54, 1.807) is 0 Å². The molecule has 0 bridgehead atoms. The highest BCUT2D eigenvalue weighted by molar-refractivity contribution is 6.30. The van der Waals surface area contributed by atoms with E-state index in [4.69, 9.17) is 21.6 Å². The minimum absolute atomic E-state index is 0.717. The highest BCUT2D eigenvalue weighted by atomic mass is 35.5. The third kappa shape index (κ3) is 4.25. The van der Waals surface area contributed by atoms with Gasteiger partial charge in [-0.25, -0.2) is 9.97 Å². The van der Waals surface area contributed by atoms with Crippen molar-refractivity contribution in [2.24, 2.45) is 0 Å². The van der Waals surface area contributed by atoms with E-state index in [9.17, 15) is 0 Å². The number of aromatic nitrogens is 2. The predicted molar refractivity (Wildman–Crippen MR) is 129 cm³/mol. The summed E-state index contributed by atoms with van der Waals surface area (Å²) in [6.07, 6.45) is 0. The van der Waals surface area contributed by atoms with E-state index in [-0.39, 0.29) is 0 Å². The molecule has 0 saturated heterocycles. The normalized spacial score (nSPS) is 10.7. The molecule has 0 N–H and O–H groups in total. The maximum absolute atomic E-state index is 6.06. The number of hydrogen-bond donors (Lipinski definition) is 0. The fourth-order valence-corrected chi connectivity index (χ4v) is 3.69. The molecular weight excluding hydrogens is 400 g/mol. The van der Waals surface area contributed by atoms with Crippen molar-refractivity contribution in [3.63, 3.8) is 0 Å². The van der Waals surface area contributed by atoms with Crippen LogP contribution in [-0.4, -0.2) is 9.97 Å². The Labute approximate surface area is 186 Å². The van der Waals surface area contributed by atoms with Crippen LogP contribution in [0.4, 0.5) is 0 Å². The summed E-state index contributed by atoms with van der Waals surface area (Å²) in [5.41, 5.74) is 7.14. The monoisotopic (exact) mass is 418 g/mol. The second-order valence-corrected chi connectivity index (χ2v) is 7.72. The first-order valence-corrected chi connectivity index (χ1v) is 10.5. The van der Waals surface area contributed by atoms with E-state index < -0.39 is 0 Å². The van der Waals surface area contributed by atoms with Crippen LogP contribution in [0.1, 0.15) is 0 Å². The van der Waals surface area contributed by atoms with Gasteiger partial charge in [0, 0.05) is 21.7 Å². The van der Waals surface area contributed by atoms with Crippen LogP contribution < -0.4 is 0 Å². The van der Waals surface area contributed by atoms with E-state index in [0.717, 1.165) is 44.2 Å². The molecule has 2 nitrogen and oxygen atoms in total. The van der Waals surface area contributed by atoms with E-state index in [1.807, 2.05) is 72.8 Å². The Bertz CT molecular complexity index is 1260. The van der Waals surface area contributed by atoms with Gasteiger partial charge in [0.25, 0.3) is 0 Å². The lowest BCUT2D eigenvalue weighted by molar-refractivity contribution is 1.18. The number of benzene rings is 4. The van der Waals surface area contributed by atoms with Crippen LogP contribution in [-0.2, 0) is 0 Å². The van der Waals surface area contributed by atoms with E-state index in [1.165, 1.54) is 0 Å². The lowest BCUT2D eigenvalue weighted by Gasteiger charge is -2.10. The molecular formula is C28H19ClN2. The summed E-state index contributed by atoms with van der Waals surface area (Å²) in [5.74, 6) is 0.717. The SMILES string of the molecule is Clc1ccc(-c2cccc(-c3cc(-c4ccccc4)nc(-c4ccccc4)n3)c2)cc1. The Morgan fingerprint density at radius 2 is 0.968 bits per heavy atom. The zero-order valence-corrected chi connectivity index (χ0v) is 17.5. The van der Waals surface area contributed by atoms with Gasteiger partial charge in [0.15, 0.2) is 5.82 Å². The van der Waals surface area contributed by atoms with Crippen LogP contribution in [0.25, 0.3) is 45.0 Å². The van der Waals surface area contributed by atoms with Crippen molar-refractivity contribution in [1.82, 2.24) is 9.97 Å². The molecule has 0 atom stereocenters. The molecule has 0 unspecified atom stereocenters. The summed E-state index contributed by atoms with van der Waals surface area (Å²) in [6.45, 7) is 0. The standard InChI is InChI=1S/C28H19ClN2/c29-25-16-14-20(15-17-25)23-12-7-13-24(18-23)27-19-26(21-8-3-1-4-9-21)30-28(31-27)22-10-5-2-6-11-22/h1-19H. The van der Waals surface area contributed by atoms with Gasteiger partial charge in [0.05, 0.1) is 11.4 Å². The highest BCUT2D eigenvalue weighted by Gasteiger charge is 2.11. The first-order valence-electron chi connectivity index (χ1n) is 10.1. The van der Waals surface area contributed by atoms with Crippen LogP contribution in [0.3, 0.4) is 0 Å². The van der Waals surface area contributed by atoms with Gasteiger partial charge in [-0.3, -0.25) is 0 Å². The van der Waals surface area contributed by atoms with Gasteiger partial charge in [-0.15, -0.1) is 0 Å². The maximum atomic E-state index is 6.06. The third-order valence-electron chi connectivity index (χ3n) is 5.16. The highest BCUT2D eigenvalue weighted by Crippen LogP contribution is 2.30. The Morgan fingerprint density at radius 1 is 0.419 bits per heavy atom. The lowest BCUT2D eigenvalue weighted by atomic mass is 10.0. The largest absolute Gasteiger partial charge is 0.228 e. The van der Waals surface area contributed by atoms with E-state index in [0.29, 0.717) is 5.82 Å². The van der Waals surface area contributed by atoms with Crippen molar-refractivity contribution >= 4 is 11.6 Å². The Morgan fingerprint density at radius 3 is 1.65 bits per heavy atom. The van der Waals surface area contributed by atoms with Crippen molar-refractivity contribution in [3.05, 3.63) is 120 Å². The molecule has 0 amide bonds. The summed E-state index contributed by atoms with van der Waals surface area (Å²) < 4.78 is 0. The molecule has 0 radical (unpaired) electrons. The Balaban J connectivity index is 1.65. The molecule has 5 aromatic rings. The number of nitrogens with zero attached hydrogens (tertiary/aromatic N) is 2. The van der Waals surface area contributed by atoms with Gasteiger partial charge in [-0.05, 0) is 35.4 Å².